The molecule has 3 aromatic rings. The van der Waals surface area contributed by atoms with Gasteiger partial charge in [-0.3, -0.25) is 14.9 Å². The first kappa shape index (κ1) is 23.2. The first-order chi connectivity index (χ1) is 15.5. The topological polar surface area (TPSA) is 140 Å². The van der Waals surface area contributed by atoms with Crippen molar-refractivity contribution in [2.45, 2.75) is 6.36 Å². The number of nitro groups is 1. The molecule has 0 aliphatic heterocycles. The zero-order valence-electron chi connectivity index (χ0n) is 16.3. The molecule has 14 heteroatoms. The van der Waals surface area contributed by atoms with E-state index in [1.807, 2.05) is 0 Å². The maximum Gasteiger partial charge on any atom is 0.573 e. The molecule has 1 heterocycles. The maximum absolute atomic E-state index is 13.6. The molecule has 0 aliphatic rings. The molecule has 0 radical (unpaired) electrons. The van der Waals surface area contributed by atoms with Crippen LogP contribution in [0.3, 0.4) is 0 Å². The Kier molecular flexibility index (Phi) is 6.56. The second-order valence-electron chi connectivity index (χ2n) is 6.33. The van der Waals surface area contributed by atoms with Crippen LogP contribution in [0.1, 0.15) is 0 Å². The predicted molar refractivity (Wildman–Crippen MR) is 107 cm³/mol. The number of halogens is 4. The number of aliphatic carboxylic acids is 1. The van der Waals surface area contributed by atoms with Crippen LogP contribution in [0.2, 0.25) is 0 Å². The Bertz CT molecular complexity index is 1210. The summed E-state index contributed by atoms with van der Waals surface area (Å²) in [6.07, 6.45) is -4.91. The Hall–Kier alpha value is -4.49. The van der Waals surface area contributed by atoms with Gasteiger partial charge < -0.3 is 20.5 Å². The number of rotatable bonds is 8. The number of alkyl halides is 3. The number of carboxylic acids is 1. The number of hydrogen-bond donors (Lipinski definition) is 3. The van der Waals surface area contributed by atoms with E-state index in [1.54, 1.807) is 0 Å². The number of ether oxygens (including phenoxy) is 1. The number of aromatic nitrogens is 2. The average molecular weight is 467 g/mol. The van der Waals surface area contributed by atoms with Gasteiger partial charge in [-0.1, -0.05) is 12.1 Å². The molecule has 10 nitrogen and oxygen atoms in total. The molecule has 0 unspecified atom stereocenters. The van der Waals surface area contributed by atoms with Crippen molar-refractivity contribution in [1.29, 1.82) is 0 Å². The molecule has 0 saturated carbocycles. The highest BCUT2D eigenvalue weighted by molar-refractivity contribution is 5.73. The zero-order valence-corrected chi connectivity index (χ0v) is 16.3. The Labute approximate surface area is 182 Å². The number of anilines is 3. The van der Waals surface area contributed by atoms with Gasteiger partial charge in [-0.15, -0.1) is 13.2 Å². The number of nitrogens with one attached hydrogen (secondary N) is 2. The molecule has 0 aliphatic carbocycles. The van der Waals surface area contributed by atoms with Crippen LogP contribution in [-0.2, 0) is 4.79 Å². The third kappa shape index (κ3) is 6.49. The second-order valence-corrected chi connectivity index (χ2v) is 6.33. The van der Waals surface area contributed by atoms with E-state index in [0.717, 1.165) is 24.3 Å². The van der Waals surface area contributed by atoms with Crippen LogP contribution in [0.5, 0.6) is 5.75 Å². The Morgan fingerprint density at radius 2 is 1.91 bits per heavy atom. The Morgan fingerprint density at radius 3 is 2.58 bits per heavy atom. The van der Waals surface area contributed by atoms with Gasteiger partial charge in [0, 0.05) is 23.4 Å². The van der Waals surface area contributed by atoms with Gasteiger partial charge in [-0.25, -0.2) is 4.98 Å². The van der Waals surface area contributed by atoms with Gasteiger partial charge in [0.2, 0.25) is 11.8 Å². The lowest BCUT2D eigenvalue weighted by molar-refractivity contribution is -0.387. The molecule has 0 fully saturated rings. The first-order valence-corrected chi connectivity index (χ1v) is 8.92. The summed E-state index contributed by atoms with van der Waals surface area (Å²) in [7, 11) is 0. The molecular weight excluding hydrogens is 454 g/mol. The van der Waals surface area contributed by atoms with Gasteiger partial charge in [-0.05, 0) is 24.3 Å². The lowest BCUT2D eigenvalue weighted by Crippen LogP contribution is -2.17. The quantitative estimate of drug-likeness (QED) is 0.251. The standard InChI is InChI=1S/C19H13F4N5O5/c20-13-5-4-11(7-15(13)28(31)32)25-16-8-14(26-18(27-16)24-9-17(29)30)10-2-1-3-12(6-10)33-19(21,22)23/h1-8H,9H2,(H,29,30)(H2,24,25,26,27). The van der Waals surface area contributed by atoms with Gasteiger partial charge in [-0.2, -0.15) is 9.37 Å². The van der Waals surface area contributed by atoms with E-state index >= 15 is 0 Å². The summed E-state index contributed by atoms with van der Waals surface area (Å²) >= 11 is 0. The molecular formula is C19H13F4N5O5. The highest BCUT2D eigenvalue weighted by Gasteiger charge is 2.31. The fourth-order valence-electron chi connectivity index (χ4n) is 2.62. The van der Waals surface area contributed by atoms with Crippen LogP contribution in [0, 0.1) is 15.9 Å². The van der Waals surface area contributed by atoms with E-state index in [0.29, 0.717) is 0 Å². The number of nitro benzene ring substituents is 1. The Balaban J connectivity index is 2.00. The molecule has 2 aromatic carbocycles. The Morgan fingerprint density at radius 1 is 1.15 bits per heavy atom. The van der Waals surface area contributed by atoms with Crippen LogP contribution < -0.4 is 15.4 Å². The third-order valence-corrected chi connectivity index (χ3v) is 3.90. The minimum atomic E-state index is -4.91. The van der Waals surface area contributed by atoms with Crippen molar-refractivity contribution in [2.24, 2.45) is 0 Å². The van der Waals surface area contributed by atoms with Crippen LogP contribution in [0.25, 0.3) is 11.3 Å². The average Bonchev–Trinajstić information content (AvgIpc) is 2.72. The number of benzene rings is 2. The number of carbonyl (C=O) groups is 1. The summed E-state index contributed by atoms with van der Waals surface area (Å²) in [5.41, 5.74) is -0.475. The van der Waals surface area contributed by atoms with Crippen molar-refractivity contribution in [1.82, 2.24) is 9.97 Å². The van der Waals surface area contributed by atoms with Crippen molar-refractivity contribution in [3.63, 3.8) is 0 Å². The van der Waals surface area contributed by atoms with Crippen molar-refractivity contribution in [3.05, 3.63) is 64.5 Å². The van der Waals surface area contributed by atoms with Crippen LogP contribution in [-0.4, -0.2) is 38.9 Å². The van der Waals surface area contributed by atoms with Crippen molar-refractivity contribution >= 4 is 29.1 Å². The molecule has 0 atom stereocenters. The highest BCUT2D eigenvalue weighted by atomic mass is 19.4. The van der Waals surface area contributed by atoms with E-state index in [9.17, 15) is 32.5 Å². The fraction of sp³-hybridized carbons (Fsp3) is 0.105. The molecule has 0 amide bonds. The predicted octanol–water partition coefficient (Wildman–Crippen LogP) is 4.33. The highest BCUT2D eigenvalue weighted by Crippen LogP contribution is 2.30. The zero-order chi connectivity index (χ0) is 24.2. The van der Waals surface area contributed by atoms with E-state index in [4.69, 9.17) is 5.11 Å². The van der Waals surface area contributed by atoms with Gasteiger partial charge >= 0.3 is 18.0 Å². The summed E-state index contributed by atoms with van der Waals surface area (Å²) in [6.45, 7) is -0.567. The number of carboxylic acid groups (broad SMARTS) is 1. The normalized spacial score (nSPS) is 11.0. The van der Waals surface area contributed by atoms with Crippen LogP contribution in [0.15, 0.2) is 48.5 Å². The fourth-order valence-corrected chi connectivity index (χ4v) is 2.62. The molecule has 3 N–H and O–H groups in total. The maximum atomic E-state index is 13.6. The third-order valence-electron chi connectivity index (χ3n) is 3.90. The van der Waals surface area contributed by atoms with Crippen LogP contribution >= 0.6 is 0 Å². The molecule has 1 aromatic heterocycles. The molecule has 0 bridgehead atoms. The second kappa shape index (κ2) is 9.33. The summed E-state index contributed by atoms with van der Waals surface area (Å²) in [4.78, 5) is 29.0. The minimum absolute atomic E-state index is 0.00376. The molecule has 172 valence electrons. The summed E-state index contributed by atoms with van der Waals surface area (Å²) in [5, 5.41) is 24.9. The van der Waals surface area contributed by atoms with E-state index < -0.39 is 41.1 Å². The van der Waals surface area contributed by atoms with Crippen molar-refractivity contribution in [2.75, 3.05) is 17.2 Å². The lowest BCUT2D eigenvalue weighted by atomic mass is 10.1. The lowest BCUT2D eigenvalue weighted by Gasteiger charge is -2.12. The summed E-state index contributed by atoms with van der Waals surface area (Å²) in [6, 6.07) is 9.14. The minimum Gasteiger partial charge on any atom is -0.480 e. The summed E-state index contributed by atoms with van der Waals surface area (Å²) in [5.74, 6) is -3.00. The summed E-state index contributed by atoms with van der Waals surface area (Å²) < 4.78 is 55.1. The number of hydrogen-bond acceptors (Lipinski definition) is 8. The van der Waals surface area contributed by atoms with Gasteiger partial charge in [0.15, 0.2) is 0 Å². The smallest absolute Gasteiger partial charge is 0.480 e. The van der Waals surface area contributed by atoms with Gasteiger partial charge in [0.05, 0.1) is 10.6 Å². The number of nitrogens with zero attached hydrogens (tertiary/aromatic N) is 3. The van der Waals surface area contributed by atoms with Gasteiger partial charge in [0.1, 0.15) is 18.1 Å². The van der Waals surface area contributed by atoms with E-state index in [-0.39, 0.29) is 28.7 Å². The molecule has 3 rings (SSSR count). The van der Waals surface area contributed by atoms with Crippen molar-refractivity contribution < 1.29 is 37.1 Å². The van der Waals surface area contributed by atoms with Crippen molar-refractivity contribution in [3.8, 4) is 17.0 Å². The molecule has 0 saturated heterocycles. The molecule has 0 spiro atoms. The van der Waals surface area contributed by atoms with E-state index in [1.165, 1.54) is 24.3 Å². The SMILES string of the molecule is O=C(O)CNc1nc(Nc2ccc(F)c([N+](=O)[O-])c2)cc(-c2cccc(OC(F)(F)F)c2)n1. The van der Waals surface area contributed by atoms with Crippen LogP contribution in [0.4, 0.5) is 40.7 Å². The van der Waals surface area contributed by atoms with Gasteiger partial charge in [0.25, 0.3) is 0 Å². The first-order valence-electron chi connectivity index (χ1n) is 8.92. The van der Waals surface area contributed by atoms with E-state index in [2.05, 4.69) is 25.3 Å². The monoisotopic (exact) mass is 467 g/mol. The largest absolute Gasteiger partial charge is 0.573 e. The molecule has 33 heavy (non-hydrogen) atoms.